The fraction of sp³-hybridized carbons (Fsp3) is 0.500. The van der Waals surface area contributed by atoms with Gasteiger partial charge in [-0.2, -0.15) is 8.78 Å². The summed E-state index contributed by atoms with van der Waals surface area (Å²) in [6.07, 6.45) is -0.243. The first-order valence-electron chi connectivity index (χ1n) is 1.59. The summed E-state index contributed by atoms with van der Waals surface area (Å²) in [7, 11) is 0. The Morgan fingerprint density at radius 3 is 1.83 bits per heavy atom. The summed E-state index contributed by atoms with van der Waals surface area (Å²) in [5, 5.41) is 0. The van der Waals surface area contributed by atoms with Gasteiger partial charge in [-0.15, -0.1) is 0 Å². The molecule has 0 aliphatic heterocycles. The van der Waals surface area contributed by atoms with Crippen LogP contribution in [0, 0.1) is 11.8 Å². The molecular weight excluding hydrogens is 86.0 g/mol. The molecule has 0 heterocycles. The van der Waals surface area contributed by atoms with Crippen LogP contribution in [0.2, 0.25) is 0 Å². The molecule has 0 atom stereocenters. The number of hydrogen-bond donors (Lipinski definition) is 0. The van der Waals surface area contributed by atoms with E-state index in [0.717, 1.165) is 0 Å². The van der Waals surface area contributed by atoms with E-state index < -0.39 is 5.92 Å². The van der Waals surface area contributed by atoms with Crippen molar-refractivity contribution in [1.82, 2.24) is 0 Å². The van der Waals surface area contributed by atoms with E-state index >= 15 is 0 Å². The highest BCUT2D eigenvalue weighted by Gasteiger charge is 2.29. The summed E-state index contributed by atoms with van der Waals surface area (Å²) in [4.78, 5) is 0. The van der Waals surface area contributed by atoms with Crippen molar-refractivity contribution < 1.29 is 8.78 Å². The lowest BCUT2D eigenvalue weighted by atomic mass is 10.1. The summed E-state index contributed by atoms with van der Waals surface area (Å²) in [6.45, 7) is 0. The molecule has 0 radical (unpaired) electrons. The topological polar surface area (TPSA) is 0 Å². The number of hydrogen-bond acceptors (Lipinski definition) is 0. The second kappa shape index (κ2) is 0.729. The van der Waals surface area contributed by atoms with Gasteiger partial charge in [0.1, 0.15) is 0 Å². The van der Waals surface area contributed by atoms with Crippen LogP contribution in [-0.4, -0.2) is 5.92 Å². The van der Waals surface area contributed by atoms with Crippen LogP contribution in [0.5, 0.6) is 0 Å². The predicted molar refractivity (Wildman–Crippen MR) is 17.3 cm³/mol. The fourth-order valence-electron chi connectivity index (χ4n) is 0.222. The Hall–Kier alpha value is -0.580. The minimum Gasteiger partial charge on any atom is -0.191 e. The molecule has 1 aliphatic carbocycles. The molecule has 0 amide bonds. The van der Waals surface area contributed by atoms with Gasteiger partial charge in [0.2, 0.25) is 0 Å². The van der Waals surface area contributed by atoms with Crippen molar-refractivity contribution in [3.05, 3.63) is 0 Å². The molecule has 0 aromatic rings. The van der Waals surface area contributed by atoms with Gasteiger partial charge in [0, 0.05) is 0 Å². The highest BCUT2D eigenvalue weighted by atomic mass is 19.3. The van der Waals surface area contributed by atoms with E-state index in [1.165, 1.54) is 0 Å². The zero-order chi connectivity index (χ0) is 4.62. The van der Waals surface area contributed by atoms with Gasteiger partial charge in [-0.05, 0) is 5.92 Å². The maximum atomic E-state index is 11.4. The second-order valence-electron chi connectivity index (χ2n) is 1.18. The van der Waals surface area contributed by atoms with Gasteiger partial charge >= 0.3 is 5.92 Å². The fourth-order valence-corrected chi connectivity index (χ4v) is 0.222. The molecule has 0 N–H and O–H groups in total. The van der Waals surface area contributed by atoms with E-state index in [1.807, 2.05) is 0 Å². The molecule has 0 nitrogen and oxygen atoms in total. The molecule has 0 aromatic carbocycles. The highest BCUT2D eigenvalue weighted by Crippen LogP contribution is 2.21. The maximum Gasteiger partial charge on any atom is 0.318 e. The Kier molecular flexibility index (Phi) is 0.438. The molecule has 2 heteroatoms. The van der Waals surface area contributed by atoms with Crippen LogP contribution in [0.4, 0.5) is 8.78 Å². The van der Waals surface area contributed by atoms with E-state index in [4.69, 9.17) is 0 Å². The summed E-state index contributed by atoms with van der Waals surface area (Å²) in [6, 6.07) is 0. The molecule has 0 saturated carbocycles. The number of halogens is 2. The number of alkyl halides is 2. The average Bonchev–Trinajstić information content (AvgIpc) is 1.32. The Labute approximate surface area is 34.2 Å². The van der Waals surface area contributed by atoms with Crippen molar-refractivity contribution in [1.29, 1.82) is 0 Å². The van der Waals surface area contributed by atoms with Crippen molar-refractivity contribution in [2.45, 2.75) is 12.3 Å². The minimum atomic E-state index is -2.64. The van der Waals surface area contributed by atoms with E-state index in [9.17, 15) is 8.78 Å². The third-order valence-electron chi connectivity index (χ3n) is 0.582. The first-order chi connectivity index (χ1) is 2.71. The van der Waals surface area contributed by atoms with Crippen LogP contribution >= 0.6 is 0 Å². The predicted octanol–water partition coefficient (Wildman–Crippen LogP) is 1.03. The quantitative estimate of drug-likeness (QED) is 0.388. The molecule has 1 rings (SSSR count). The van der Waals surface area contributed by atoms with Crippen molar-refractivity contribution in [3.63, 3.8) is 0 Å². The van der Waals surface area contributed by atoms with E-state index in [-0.39, 0.29) is 6.42 Å². The van der Waals surface area contributed by atoms with Crippen LogP contribution in [0.15, 0.2) is 0 Å². The van der Waals surface area contributed by atoms with Crippen molar-refractivity contribution in [3.8, 4) is 11.8 Å². The van der Waals surface area contributed by atoms with Gasteiger partial charge in [0.05, 0.1) is 6.42 Å². The third kappa shape index (κ3) is 0.364. The first-order valence-corrected chi connectivity index (χ1v) is 1.59. The molecule has 6 heavy (non-hydrogen) atoms. The average molecular weight is 88.1 g/mol. The monoisotopic (exact) mass is 88.0 g/mol. The molecular formula is C4H2F2. The summed E-state index contributed by atoms with van der Waals surface area (Å²) >= 11 is 0. The molecule has 0 unspecified atom stereocenters. The van der Waals surface area contributed by atoms with Gasteiger partial charge in [0.25, 0.3) is 0 Å². The zero-order valence-electron chi connectivity index (χ0n) is 2.96. The largest absolute Gasteiger partial charge is 0.318 e. The van der Waals surface area contributed by atoms with Gasteiger partial charge in [-0.25, -0.2) is 0 Å². The molecule has 0 fully saturated rings. The first kappa shape index (κ1) is 3.60. The van der Waals surface area contributed by atoms with Gasteiger partial charge in [-0.3, -0.25) is 0 Å². The molecule has 0 bridgehead atoms. The van der Waals surface area contributed by atoms with Crippen LogP contribution in [0.1, 0.15) is 6.42 Å². The SMILES string of the molecule is FC1(F)C#CC1. The van der Waals surface area contributed by atoms with Crippen LogP contribution in [0.25, 0.3) is 0 Å². The standard InChI is InChI=1S/C4H2F2/c5-4(6)2-1-3-4/h2H2. The van der Waals surface area contributed by atoms with Gasteiger partial charge in [-0.1, -0.05) is 5.92 Å². The Bertz CT molecular complexity index is 115. The minimum absolute atomic E-state index is 0.243. The van der Waals surface area contributed by atoms with Crippen molar-refractivity contribution in [2.24, 2.45) is 0 Å². The second-order valence-corrected chi connectivity index (χ2v) is 1.18. The molecule has 1 aliphatic rings. The van der Waals surface area contributed by atoms with Crippen molar-refractivity contribution in [2.75, 3.05) is 0 Å². The lowest BCUT2D eigenvalue weighted by molar-refractivity contribution is 0.0608. The summed E-state index contributed by atoms with van der Waals surface area (Å²) < 4.78 is 22.7. The van der Waals surface area contributed by atoms with E-state index in [1.54, 1.807) is 5.92 Å². The summed E-state index contributed by atoms with van der Waals surface area (Å²) in [5.74, 6) is 1.26. The molecule has 0 spiro atoms. The Balaban J connectivity index is 2.67. The smallest absolute Gasteiger partial charge is 0.191 e. The molecule has 0 aromatic heterocycles. The van der Waals surface area contributed by atoms with E-state index in [0.29, 0.717) is 0 Å². The number of rotatable bonds is 0. The van der Waals surface area contributed by atoms with Crippen molar-refractivity contribution >= 4 is 0 Å². The lowest BCUT2D eigenvalue weighted by Crippen LogP contribution is -2.17. The normalized spacial score (nSPS) is 23.7. The lowest BCUT2D eigenvalue weighted by Gasteiger charge is -2.08. The van der Waals surface area contributed by atoms with Gasteiger partial charge in [0.15, 0.2) is 0 Å². The third-order valence-corrected chi connectivity index (χ3v) is 0.582. The van der Waals surface area contributed by atoms with Crippen LogP contribution < -0.4 is 0 Å². The van der Waals surface area contributed by atoms with Crippen LogP contribution in [-0.2, 0) is 0 Å². The van der Waals surface area contributed by atoms with Gasteiger partial charge < -0.3 is 0 Å². The summed E-state index contributed by atoms with van der Waals surface area (Å²) in [5.41, 5.74) is 0. The maximum absolute atomic E-state index is 11.4. The Morgan fingerprint density at radius 1 is 1.50 bits per heavy atom. The highest BCUT2D eigenvalue weighted by molar-refractivity contribution is 5.23. The molecule has 0 saturated heterocycles. The Morgan fingerprint density at radius 2 is 1.83 bits per heavy atom. The van der Waals surface area contributed by atoms with E-state index in [2.05, 4.69) is 5.92 Å². The zero-order valence-corrected chi connectivity index (χ0v) is 2.96. The van der Waals surface area contributed by atoms with Crippen LogP contribution in [0.3, 0.4) is 0 Å². The molecule has 32 valence electrons.